The Balaban J connectivity index is 1.67. The molecule has 1 saturated heterocycles. The van der Waals surface area contributed by atoms with Crippen LogP contribution in [-0.2, 0) is 27.8 Å². The molecule has 0 unspecified atom stereocenters. The predicted octanol–water partition coefficient (Wildman–Crippen LogP) is 2.62. The zero-order chi connectivity index (χ0) is 23.1. The molecule has 2 aromatic rings. The topological polar surface area (TPSA) is 87.5 Å². The number of hydrogen-bond acceptors (Lipinski definition) is 5. The van der Waals surface area contributed by atoms with Crippen LogP contribution in [0.3, 0.4) is 0 Å². The Morgan fingerprint density at radius 1 is 1.16 bits per heavy atom. The quantitative estimate of drug-likeness (QED) is 0.554. The fraction of sp³-hybridized carbons (Fsp3) is 0.652. The van der Waals surface area contributed by atoms with Gasteiger partial charge in [-0.15, -0.1) is 0 Å². The van der Waals surface area contributed by atoms with Gasteiger partial charge in [-0.1, -0.05) is 19.8 Å². The van der Waals surface area contributed by atoms with Gasteiger partial charge in [0, 0.05) is 46.6 Å². The number of sulfonamides is 1. The number of nitrogens with zero attached hydrogens (tertiary/aromatic N) is 4. The molecule has 0 aliphatic carbocycles. The summed E-state index contributed by atoms with van der Waals surface area (Å²) >= 11 is 0. The first-order chi connectivity index (χ1) is 15.3. The summed E-state index contributed by atoms with van der Waals surface area (Å²) in [6, 6.07) is 5.10. The number of nitrogens with one attached hydrogen (secondary N) is 1. The van der Waals surface area contributed by atoms with Crippen LogP contribution >= 0.6 is 0 Å². The summed E-state index contributed by atoms with van der Waals surface area (Å²) in [5.41, 5.74) is 1.57. The predicted molar refractivity (Wildman–Crippen MR) is 127 cm³/mol. The molecule has 0 spiro atoms. The van der Waals surface area contributed by atoms with Crippen LogP contribution in [0.15, 0.2) is 23.1 Å². The molecule has 1 fully saturated rings. The summed E-state index contributed by atoms with van der Waals surface area (Å²) in [6.45, 7) is 6.78. The van der Waals surface area contributed by atoms with Gasteiger partial charge < -0.3 is 14.8 Å². The number of likely N-dealkylation sites (tertiary alicyclic amines) is 1. The Morgan fingerprint density at radius 3 is 2.59 bits per heavy atom. The standard InChI is InChI=1S/C23H37N5O3S/c1-4-5-16-28-21-10-9-19(32(30,31)26(2)3)18-20(21)25-22(28)11-12-23(29)24-13-17-27-14-7-6-8-15-27/h9-10,18H,4-8,11-17H2,1-3H3,(H,24,29). The van der Waals surface area contributed by atoms with Crippen LogP contribution in [0.5, 0.6) is 0 Å². The van der Waals surface area contributed by atoms with Crippen LogP contribution in [0, 0.1) is 0 Å². The number of carbonyl (C=O) groups excluding carboxylic acids is 1. The SMILES string of the molecule is CCCCn1c(CCC(=O)NCCN2CCCCC2)nc2cc(S(=O)(=O)N(C)C)ccc21. The maximum absolute atomic E-state index is 12.5. The zero-order valence-corrected chi connectivity index (χ0v) is 20.5. The van der Waals surface area contributed by atoms with Crippen molar-refractivity contribution in [3.05, 3.63) is 24.0 Å². The van der Waals surface area contributed by atoms with Crippen molar-refractivity contribution >= 4 is 27.0 Å². The van der Waals surface area contributed by atoms with Gasteiger partial charge in [0.15, 0.2) is 0 Å². The maximum atomic E-state index is 12.5. The van der Waals surface area contributed by atoms with Crippen LogP contribution in [0.2, 0.25) is 0 Å². The minimum Gasteiger partial charge on any atom is -0.355 e. The summed E-state index contributed by atoms with van der Waals surface area (Å²) in [5, 5.41) is 3.04. The normalized spacial score (nSPS) is 15.5. The van der Waals surface area contributed by atoms with Gasteiger partial charge in [-0.25, -0.2) is 17.7 Å². The van der Waals surface area contributed by atoms with Crippen molar-refractivity contribution in [3.8, 4) is 0 Å². The summed E-state index contributed by atoms with van der Waals surface area (Å²) < 4.78 is 28.3. The van der Waals surface area contributed by atoms with E-state index in [4.69, 9.17) is 4.98 Å². The molecule has 1 N–H and O–H groups in total. The molecule has 9 heteroatoms. The molecule has 8 nitrogen and oxygen atoms in total. The zero-order valence-electron chi connectivity index (χ0n) is 19.6. The number of rotatable bonds is 11. The molecule has 1 aromatic carbocycles. The van der Waals surface area contributed by atoms with E-state index in [0.717, 1.165) is 50.4 Å². The number of hydrogen-bond donors (Lipinski definition) is 1. The van der Waals surface area contributed by atoms with E-state index in [-0.39, 0.29) is 10.8 Å². The van der Waals surface area contributed by atoms with Crippen molar-refractivity contribution in [2.24, 2.45) is 0 Å². The lowest BCUT2D eigenvalue weighted by atomic mass is 10.1. The van der Waals surface area contributed by atoms with Crippen LogP contribution in [0.25, 0.3) is 11.0 Å². The molecule has 1 aliphatic rings. The Morgan fingerprint density at radius 2 is 1.91 bits per heavy atom. The second-order valence-corrected chi connectivity index (χ2v) is 10.9. The Kier molecular flexibility index (Phi) is 8.67. The maximum Gasteiger partial charge on any atom is 0.242 e. The number of benzene rings is 1. The number of piperidine rings is 1. The first-order valence-corrected chi connectivity index (χ1v) is 13.2. The first kappa shape index (κ1) is 24.7. The van der Waals surface area contributed by atoms with E-state index in [1.807, 2.05) is 6.07 Å². The van der Waals surface area contributed by atoms with E-state index in [9.17, 15) is 13.2 Å². The van der Waals surface area contributed by atoms with Gasteiger partial charge in [0.2, 0.25) is 15.9 Å². The second-order valence-electron chi connectivity index (χ2n) is 8.72. The number of imidazole rings is 1. The number of fused-ring (bicyclic) bond motifs is 1. The van der Waals surface area contributed by atoms with Crippen molar-refractivity contribution in [1.82, 2.24) is 24.1 Å². The van der Waals surface area contributed by atoms with Crippen LogP contribution < -0.4 is 5.32 Å². The van der Waals surface area contributed by atoms with Crippen LogP contribution in [-0.4, -0.2) is 73.4 Å². The van der Waals surface area contributed by atoms with E-state index in [2.05, 4.69) is 21.7 Å². The molecule has 3 rings (SSSR count). The van der Waals surface area contributed by atoms with Gasteiger partial charge >= 0.3 is 0 Å². The van der Waals surface area contributed by atoms with Crippen molar-refractivity contribution in [2.45, 2.75) is 63.3 Å². The lowest BCUT2D eigenvalue weighted by molar-refractivity contribution is -0.121. The molecule has 1 aliphatic heterocycles. The molecule has 2 heterocycles. The molecular formula is C23H37N5O3S. The molecule has 1 aromatic heterocycles. The number of aryl methyl sites for hydroxylation is 2. The monoisotopic (exact) mass is 463 g/mol. The summed E-state index contributed by atoms with van der Waals surface area (Å²) in [7, 11) is -0.473. The average Bonchev–Trinajstić information content (AvgIpc) is 3.13. The molecule has 32 heavy (non-hydrogen) atoms. The van der Waals surface area contributed by atoms with E-state index in [1.165, 1.54) is 37.7 Å². The van der Waals surface area contributed by atoms with E-state index in [1.54, 1.807) is 12.1 Å². The van der Waals surface area contributed by atoms with Gasteiger partial charge in [0.1, 0.15) is 5.82 Å². The summed E-state index contributed by atoms with van der Waals surface area (Å²) in [4.78, 5) is 19.8. The highest BCUT2D eigenvalue weighted by Gasteiger charge is 2.20. The number of carbonyl (C=O) groups is 1. The molecule has 178 valence electrons. The van der Waals surface area contributed by atoms with Gasteiger partial charge in [-0.05, 0) is 50.6 Å². The van der Waals surface area contributed by atoms with E-state index >= 15 is 0 Å². The van der Waals surface area contributed by atoms with Crippen molar-refractivity contribution in [2.75, 3.05) is 40.3 Å². The highest BCUT2D eigenvalue weighted by molar-refractivity contribution is 7.89. The molecule has 0 bridgehead atoms. The highest BCUT2D eigenvalue weighted by Crippen LogP contribution is 2.23. The molecule has 0 atom stereocenters. The van der Waals surface area contributed by atoms with Crippen molar-refractivity contribution < 1.29 is 13.2 Å². The third kappa shape index (κ3) is 6.08. The molecule has 0 saturated carbocycles. The third-order valence-corrected chi connectivity index (χ3v) is 7.90. The van der Waals surface area contributed by atoms with Crippen LogP contribution in [0.4, 0.5) is 0 Å². The smallest absolute Gasteiger partial charge is 0.242 e. The fourth-order valence-electron chi connectivity index (χ4n) is 4.14. The number of unbranched alkanes of at least 4 members (excludes halogenated alkanes) is 1. The molecular weight excluding hydrogens is 426 g/mol. The van der Waals surface area contributed by atoms with Gasteiger partial charge in [0.05, 0.1) is 15.9 Å². The van der Waals surface area contributed by atoms with Gasteiger partial charge in [-0.2, -0.15) is 0 Å². The Labute approximate surface area is 192 Å². The molecule has 0 radical (unpaired) electrons. The van der Waals surface area contributed by atoms with E-state index in [0.29, 0.717) is 24.9 Å². The van der Waals surface area contributed by atoms with Crippen LogP contribution in [0.1, 0.15) is 51.3 Å². The van der Waals surface area contributed by atoms with Gasteiger partial charge in [-0.3, -0.25) is 4.79 Å². The first-order valence-electron chi connectivity index (χ1n) is 11.7. The Bertz CT molecular complexity index is 1010. The summed E-state index contributed by atoms with van der Waals surface area (Å²) in [5.74, 6) is 0.867. The molecule has 1 amide bonds. The minimum absolute atomic E-state index is 0.0342. The van der Waals surface area contributed by atoms with Crippen molar-refractivity contribution in [1.29, 1.82) is 0 Å². The third-order valence-electron chi connectivity index (χ3n) is 6.09. The fourth-order valence-corrected chi connectivity index (χ4v) is 5.06. The van der Waals surface area contributed by atoms with E-state index < -0.39 is 10.0 Å². The number of aromatic nitrogens is 2. The lowest BCUT2D eigenvalue weighted by Gasteiger charge is -2.26. The largest absolute Gasteiger partial charge is 0.355 e. The lowest BCUT2D eigenvalue weighted by Crippen LogP contribution is -2.37. The second kappa shape index (κ2) is 11.2. The Hall–Kier alpha value is -1.97. The average molecular weight is 464 g/mol. The van der Waals surface area contributed by atoms with Gasteiger partial charge in [0.25, 0.3) is 0 Å². The van der Waals surface area contributed by atoms with Crippen molar-refractivity contribution in [3.63, 3.8) is 0 Å². The highest BCUT2D eigenvalue weighted by atomic mass is 32.2. The summed E-state index contributed by atoms with van der Waals surface area (Å²) in [6.07, 6.45) is 6.76. The minimum atomic E-state index is -3.52. The number of amides is 1.